The highest BCUT2D eigenvalue weighted by Crippen LogP contribution is 2.48. The quantitative estimate of drug-likeness (QED) is 0.186. The third-order valence-electron chi connectivity index (χ3n) is 9.66. The summed E-state index contributed by atoms with van der Waals surface area (Å²) in [7, 11) is 0. The predicted molar refractivity (Wildman–Crippen MR) is 210 cm³/mol. The second-order valence-electron chi connectivity index (χ2n) is 12.5. The molecule has 0 saturated carbocycles. The maximum Gasteiger partial charge on any atom is 0.143 e. The van der Waals surface area contributed by atoms with Crippen molar-refractivity contribution in [2.75, 3.05) is 4.90 Å². The lowest BCUT2D eigenvalue weighted by Crippen LogP contribution is -2.11. The van der Waals surface area contributed by atoms with E-state index in [1.807, 2.05) is 11.3 Å². The van der Waals surface area contributed by atoms with Crippen LogP contribution in [-0.4, -0.2) is 0 Å². The van der Waals surface area contributed by atoms with Crippen molar-refractivity contribution >= 4 is 81.3 Å². The first-order chi connectivity index (χ1) is 24.3. The standard InChI is InChI=1S/C46H29NOS/c1-3-12-30(13-4-1)33-23-27-40(39(28-33)31-14-5-2-6-15-31)47(34-24-26-37-36-18-9-10-21-43(36)49-44(37)29-34)41-19-11-20-42-45(41)38-25-22-32-16-7-8-17-35(32)46(38)48-42/h1-29H. The summed E-state index contributed by atoms with van der Waals surface area (Å²) in [5.41, 5.74) is 9.78. The molecule has 8 aromatic carbocycles. The summed E-state index contributed by atoms with van der Waals surface area (Å²) in [6.07, 6.45) is 0. The van der Waals surface area contributed by atoms with Crippen molar-refractivity contribution in [1.82, 2.24) is 0 Å². The first-order valence-corrected chi connectivity index (χ1v) is 17.4. The molecule has 0 fully saturated rings. The molecule has 0 saturated heterocycles. The Hall–Kier alpha value is -6.16. The first kappa shape index (κ1) is 27.9. The van der Waals surface area contributed by atoms with Crippen LogP contribution >= 0.6 is 11.3 Å². The van der Waals surface area contributed by atoms with E-state index in [1.54, 1.807) is 0 Å². The Morgan fingerprint density at radius 2 is 1.14 bits per heavy atom. The third-order valence-corrected chi connectivity index (χ3v) is 10.8. The molecule has 0 spiro atoms. The number of thiophene rings is 1. The molecule has 0 aliphatic heterocycles. The smallest absolute Gasteiger partial charge is 0.143 e. The van der Waals surface area contributed by atoms with Crippen LogP contribution in [0.1, 0.15) is 0 Å². The minimum atomic E-state index is 0.874. The molecule has 2 heterocycles. The molecule has 10 rings (SSSR count). The number of fused-ring (bicyclic) bond motifs is 8. The highest BCUT2D eigenvalue weighted by Gasteiger charge is 2.23. The summed E-state index contributed by atoms with van der Waals surface area (Å²) in [5, 5.41) is 7.09. The largest absolute Gasteiger partial charge is 0.455 e. The third kappa shape index (κ3) is 4.55. The van der Waals surface area contributed by atoms with Gasteiger partial charge in [-0.15, -0.1) is 11.3 Å². The molecule has 0 unspecified atom stereocenters. The van der Waals surface area contributed by atoms with E-state index in [4.69, 9.17) is 4.42 Å². The Morgan fingerprint density at radius 1 is 0.429 bits per heavy atom. The lowest BCUT2D eigenvalue weighted by atomic mass is 9.95. The van der Waals surface area contributed by atoms with Gasteiger partial charge in [-0.3, -0.25) is 0 Å². The average Bonchev–Trinajstić information content (AvgIpc) is 3.75. The Morgan fingerprint density at radius 3 is 2.00 bits per heavy atom. The molecule has 3 heteroatoms. The number of nitrogens with zero attached hydrogens (tertiary/aromatic N) is 1. The number of hydrogen-bond acceptors (Lipinski definition) is 3. The SMILES string of the molecule is c1ccc(-c2ccc(N(c3ccc4c(c3)sc3ccccc34)c3cccc4oc5c6ccccc6ccc5c34)c(-c3ccccc3)c2)cc1. The van der Waals surface area contributed by atoms with Crippen LogP contribution < -0.4 is 4.90 Å². The number of rotatable bonds is 5. The van der Waals surface area contributed by atoms with Crippen LogP contribution in [0, 0.1) is 0 Å². The molecular weight excluding hydrogens is 615 g/mol. The van der Waals surface area contributed by atoms with Gasteiger partial charge in [-0.05, 0) is 70.6 Å². The second kappa shape index (κ2) is 11.2. The van der Waals surface area contributed by atoms with Crippen LogP contribution in [-0.2, 0) is 0 Å². The zero-order chi connectivity index (χ0) is 32.3. The van der Waals surface area contributed by atoms with Gasteiger partial charge in [0.05, 0.1) is 16.8 Å². The van der Waals surface area contributed by atoms with Gasteiger partial charge in [-0.2, -0.15) is 0 Å². The second-order valence-corrected chi connectivity index (χ2v) is 13.6. The average molecular weight is 644 g/mol. The lowest BCUT2D eigenvalue weighted by molar-refractivity contribution is 0.672. The van der Waals surface area contributed by atoms with Gasteiger partial charge in [0.15, 0.2) is 0 Å². The van der Waals surface area contributed by atoms with Crippen molar-refractivity contribution in [2.24, 2.45) is 0 Å². The molecule has 0 atom stereocenters. The topological polar surface area (TPSA) is 16.4 Å². The molecule has 0 radical (unpaired) electrons. The van der Waals surface area contributed by atoms with Crippen LogP contribution in [0.3, 0.4) is 0 Å². The van der Waals surface area contributed by atoms with Crippen molar-refractivity contribution in [3.05, 3.63) is 176 Å². The zero-order valence-corrected chi connectivity index (χ0v) is 27.3. The zero-order valence-electron chi connectivity index (χ0n) is 26.5. The molecule has 0 amide bonds. The maximum absolute atomic E-state index is 6.71. The molecule has 10 aromatic rings. The van der Waals surface area contributed by atoms with E-state index >= 15 is 0 Å². The predicted octanol–water partition coefficient (Wildman–Crippen LogP) is 13.9. The fraction of sp³-hybridized carbons (Fsp3) is 0. The molecule has 2 aromatic heterocycles. The summed E-state index contributed by atoms with van der Waals surface area (Å²) < 4.78 is 9.27. The van der Waals surface area contributed by atoms with Gasteiger partial charge in [-0.1, -0.05) is 127 Å². The van der Waals surface area contributed by atoms with Crippen molar-refractivity contribution in [3.63, 3.8) is 0 Å². The van der Waals surface area contributed by atoms with Crippen LogP contribution in [0.25, 0.3) is 75.1 Å². The fourth-order valence-corrected chi connectivity index (χ4v) is 8.51. The van der Waals surface area contributed by atoms with Gasteiger partial charge in [0.25, 0.3) is 0 Å². The van der Waals surface area contributed by atoms with Crippen LogP contribution in [0.5, 0.6) is 0 Å². The Kier molecular flexibility index (Phi) is 6.39. The first-order valence-electron chi connectivity index (χ1n) is 16.6. The molecule has 0 bridgehead atoms. The van der Waals surface area contributed by atoms with E-state index in [2.05, 4.69) is 181 Å². The van der Waals surface area contributed by atoms with Gasteiger partial charge < -0.3 is 9.32 Å². The summed E-state index contributed by atoms with van der Waals surface area (Å²) in [4.78, 5) is 2.44. The number of benzene rings is 8. The highest BCUT2D eigenvalue weighted by molar-refractivity contribution is 7.25. The molecular formula is C46H29NOS. The minimum Gasteiger partial charge on any atom is -0.455 e. The Labute approximate surface area is 287 Å². The maximum atomic E-state index is 6.71. The Balaban J connectivity index is 1.29. The van der Waals surface area contributed by atoms with E-state index in [0.29, 0.717) is 0 Å². The normalized spacial score (nSPS) is 11.7. The van der Waals surface area contributed by atoms with Crippen LogP contribution in [0.15, 0.2) is 180 Å². The number of anilines is 3. The molecule has 0 aliphatic carbocycles. The number of furan rings is 1. The summed E-state index contributed by atoms with van der Waals surface area (Å²) in [6, 6.07) is 63.2. The monoisotopic (exact) mass is 643 g/mol. The Bertz CT molecular complexity index is 2830. The number of hydrogen-bond donors (Lipinski definition) is 0. The van der Waals surface area contributed by atoms with E-state index in [-0.39, 0.29) is 0 Å². The lowest BCUT2D eigenvalue weighted by Gasteiger charge is -2.29. The van der Waals surface area contributed by atoms with Crippen molar-refractivity contribution < 1.29 is 4.42 Å². The minimum absolute atomic E-state index is 0.874. The highest BCUT2D eigenvalue weighted by atomic mass is 32.1. The van der Waals surface area contributed by atoms with Gasteiger partial charge in [0, 0.05) is 42.2 Å². The van der Waals surface area contributed by atoms with E-state index in [1.165, 1.54) is 42.2 Å². The van der Waals surface area contributed by atoms with Gasteiger partial charge in [0.1, 0.15) is 11.2 Å². The summed E-state index contributed by atoms with van der Waals surface area (Å²) in [5.74, 6) is 0. The van der Waals surface area contributed by atoms with Crippen molar-refractivity contribution in [1.29, 1.82) is 0 Å². The van der Waals surface area contributed by atoms with Gasteiger partial charge >= 0.3 is 0 Å². The molecule has 2 nitrogen and oxygen atoms in total. The van der Waals surface area contributed by atoms with Crippen LogP contribution in [0.4, 0.5) is 17.1 Å². The van der Waals surface area contributed by atoms with E-state index in [0.717, 1.165) is 50.0 Å². The van der Waals surface area contributed by atoms with E-state index < -0.39 is 0 Å². The molecule has 0 N–H and O–H groups in total. The molecule has 49 heavy (non-hydrogen) atoms. The van der Waals surface area contributed by atoms with E-state index in [9.17, 15) is 0 Å². The molecule has 0 aliphatic rings. The summed E-state index contributed by atoms with van der Waals surface area (Å²) >= 11 is 1.85. The summed E-state index contributed by atoms with van der Waals surface area (Å²) in [6.45, 7) is 0. The van der Waals surface area contributed by atoms with Crippen molar-refractivity contribution in [3.8, 4) is 22.3 Å². The molecule has 230 valence electrons. The van der Waals surface area contributed by atoms with Gasteiger partial charge in [0.2, 0.25) is 0 Å². The fourth-order valence-electron chi connectivity index (χ4n) is 7.37. The van der Waals surface area contributed by atoms with Gasteiger partial charge in [-0.25, -0.2) is 0 Å². The van der Waals surface area contributed by atoms with Crippen LogP contribution in [0.2, 0.25) is 0 Å². The van der Waals surface area contributed by atoms with Crippen molar-refractivity contribution in [2.45, 2.75) is 0 Å².